The molecule has 2 aromatic rings. The van der Waals surface area contributed by atoms with Crippen molar-refractivity contribution in [2.45, 2.75) is 19.8 Å². The molecule has 1 heterocycles. The van der Waals surface area contributed by atoms with Crippen molar-refractivity contribution in [1.29, 1.82) is 0 Å². The highest BCUT2D eigenvalue weighted by atomic mass is 19.2. The van der Waals surface area contributed by atoms with Gasteiger partial charge < -0.3 is 14.4 Å². The molecule has 25 heavy (non-hydrogen) atoms. The molecule has 1 amide bonds. The normalized spacial score (nSPS) is 13.4. The monoisotopic (exact) mass is 347 g/mol. The third-order valence-electron chi connectivity index (χ3n) is 4.48. The first-order valence-corrected chi connectivity index (χ1v) is 7.98. The first kappa shape index (κ1) is 17.2. The first-order chi connectivity index (χ1) is 12.0. The van der Waals surface area contributed by atoms with Gasteiger partial charge in [0.15, 0.2) is 11.6 Å². The fourth-order valence-corrected chi connectivity index (χ4v) is 3.15. The Kier molecular flexibility index (Phi) is 4.61. The fraction of sp³-hybridized carbons (Fsp3) is 0.316. The number of carbonyl (C=O) groups is 1. The number of rotatable bonds is 3. The van der Waals surface area contributed by atoms with Gasteiger partial charge in [0, 0.05) is 23.7 Å². The van der Waals surface area contributed by atoms with Gasteiger partial charge in [0.2, 0.25) is 0 Å². The summed E-state index contributed by atoms with van der Waals surface area (Å²) in [5.41, 5.74) is 2.20. The Labute approximate surface area is 145 Å². The van der Waals surface area contributed by atoms with Gasteiger partial charge in [-0.05, 0) is 43.5 Å². The van der Waals surface area contributed by atoms with Crippen LogP contribution in [0, 0.1) is 18.6 Å². The van der Waals surface area contributed by atoms with Crippen molar-refractivity contribution in [2.24, 2.45) is 0 Å². The maximum Gasteiger partial charge on any atom is 0.258 e. The van der Waals surface area contributed by atoms with Gasteiger partial charge in [0.05, 0.1) is 19.9 Å². The van der Waals surface area contributed by atoms with Gasteiger partial charge in [-0.15, -0.1) is 0 Å². The van der Waals surface area contributed by atoms with Crippen molar-refractivity contribution < 1.29 is 23.0 Å². The van der Waals surface area contributed by atoms with E-state index in [1.807, 2.05) is 6.92 Å². The highest BCUT2D eigenvalue weighted by molar-refractivity contribution is 6.07. The molecule has 0 aliphatic carbocycles. The topological polar surface area (TPSA) is 38.8 Å². The van der Waals surface area contributed by atoms with Crippen molar-refractivity contribution >= 4 is 11.6 Å². The highest BCUT2D eigenvalue weighted by Crippen LogP contribution is 2.33. The Bertz CT molecular complexity index is 811. The second-order valence-electron chi connectivity index (χ2n) is 5.96. The summed E-state index contributed by atoms with van der Waals surface area (Å²) in [6, 6.07) is 5.52. The van der Waals surface area contributed by atoms with Gasteiger partial charge in [-0.25, -0.2) is 8.78 Å². The predicted octanol–water partition coefficient (Wildman–Crippen LogP) is 3.88. The summed E-state index contributed by atoms with van der Waals surface area (Å²) in [5, 5.41) is 0. The zero-order valence-corrected chi connectivity index (χ0v) is 14.4. The standard InChI is InChI=1S/C19H19F2NO3/c1-11-17(24-2)8-13(9-18(11)25-3)19(23)22-6-4-5-12-7-14(20)15(21)10-16(12)22/h7-10H,4-6H2,1-3H3. The molecule has 1 aliphatic rings. The molecular formula is C19H19F2NO3. The Morgan fingerprint density at radius 2 is 1.64 bits per heavy atom. The third-order valence-corrected chi connectivity index (χ3v) is 4.48. The number of halogens is 2. The van der Waals surface area contributed by atoms with Gasteiger partial charge in [-0.3, -0.25) is 4.79 Å². The second kappa shape index (κ2) is 6.70. The molecule has 0 saturated carbocycles. The number of carbonyl (C=O) groups excluding carboxylic acids is 1. The lowest BCUT2D eigenvalue weighted by atomic mass is 10.00. The van der Waals surface area contributed by atoms with Crippen LogP contribution in [0.15, 0.2) is 24.3 Å². The maximum absolute atomic E-state index is 13.7. The van der Waals surface area contributed by atoms with E-state index >= 15 is 0 Å². The Morgan fingerprint density at radius 3 is 2.24 bits per heavy atom. The molecule has 0 saturated heterocycles. The van der Waals surface area contributed by atoms with Crippen LogP contribution >= 0.6 is 0 Å². The molecular weight excluding hydrogens is 328 g/mol. The molecule has 0 spiro atoms. The average Bonchev–Trinajstić information content (AvgIpc) is 2.62. The number of fused-ring (bicyclic) bond motifs is 1. The molecule has 6 heteroatoms. The van der Waals surface area contributed by atoms with E-state index in [1.165, 1.54) is 25.2 Å². The molecule has 3 rings (SSSR count). The quantitative estimate of drug-likeness (QED) is 0.846. The molecule has 0 bridgehead atoms. The Morgan fingerprint density at radius 1 is 1.04 bits per heavy atom. The summed E-state index contributed by atoms with van der Waals surface area (Å²) in [5.74, 6) is -1.09. The number of ether oxygens (including phenoxy) is 2. The first-order valence-electron chi connectivity index (χ1n) is 7.98. The zero-order valence-electron chi connectivity index (χ0n) is 14.4. The summed E-state index contributed by atoms with van der Waals surface area (Å²) in [4.78, 5) is 14.5. The number of amides is 1. The van der Waals surface area contributed by atoms with Gasteiger partial charge in [0.25, 0.3) is 5.91 Å². The minimum atomic E-state index is -0.961. The van der Waals surface area contributed by atoms with E-state index in [2.05, 4.69) is 0 Å². The molecule has 0 unspecified atom stereocenters. The number of nitrogens with zero attached hydrogens (tertiary/aromatic N) is 1. The van der Waals surface area contributed by atoms with Crippen LogP contribution in [-0.2, 0) is 6.42 Å². The third kappa shape index (κ3) is 3.04. The molecule has 132 valence electrons. The minimum Gasteiger partial charge on any atom is -0.496 e. The van der Waals surface area contributed by atoms with E-state index in [4.69, 9.17) is 9.47 Å². The summed E-state index contributed by atoms with van der Waals surface area (Å²) < 4.78 is 37.8. The molecule has 0 atom stereocenters. The molecule has 2 aromatic carbocycles. The summed E-state index contributed by atoms with van der Waals surface area (Å²) in [6.07, 6.45) is 1.29. The minimum absolute atomic E-state index is 0.302. The second-order valence-corrected chi connectivity index (χ2v) is 5.96. The maximum atomic E-state index is 13.7. The number of anilines is 1. The van der Waals surface area contributed by atoms with Crippen LogP contribution in [-0.4, -0.2) is 26.7 Å². The van der Waals surface area contributed by atoms with Gasteiger partial charge >= 0.3 is 0 Å². The Balaban J connectivity index is 2.05. The predicted molar refractivity (Wildman–Crippen MR) is 90.6 cm³/mol. The lowest BCUT2D eigenvalue weighted by Gasteiger charge is -2.30. The van der Waals surface area contributed by atoms with Crippen molar-refractivity contribution in [3.8, 4) is 11.5 Å². The fourth-order valence-electron chi connectivity index (χ4n) is 3.15. The van der Waals surface area contributed by atoms with Crippen molar-refractivity contribution in [3.05, 3.63) is 52.6 Å². The SMILES string of the molecule is COc1cc(C(=O)N2CCCc3cc(F)c(F)cc32)cc(OC)c1C. The van der Waals surface area contributed by atoms with Crippen molar-refractivity contribution in [1.82, 2.24) is 0 Å². The molecule has 0 aromatic heterocycles. The molecule has 0 fully saturated rings. The summed E-state index contributed by atoms with van der Waals surface area (Å²) in [7, 11) is 3.04. The van der Waals surface area contributed by atoms with Crippen LogP contribution < -0.4 is 14.4 Å². The number of methoxy groups -OCH3 is 2. The van der Waals surface area contributed by atoms with Crippen LogP contribution in [0.5, 0.6) is 11.5 Å². The lowest BCUT2D eigenvalue weighted by molar-refractivity contribution is 0.0984. The van der Waals surface area contributed by atoms with Crippen LogP contribution in [0.3, 0.4) is 0 Å². The largest absolute Gasteiger partial charge is 0.496 e. The van der Waals surface area contributed by atoms with E-state index in [0.29, 0.717) is 47.7 Å². The molecule has 4 nitrogen and oxygen atoms in total. The van der Waals surface area contributed by atoms with Gasteiger partial charge in [-0.2, -0.15) is 0 Å². The molecule has 0 radical (unpaired) electrons. The van der Waals surface area contributed by atoms with Crippen LogP contribution in [0.2, 0.25) is 0 Å². The Hall–Kier alpha value is -2.63. The van der Waals surface area contributed by atoms with Gasteiger partial charge in [0.1, 0.15) is 11.5 Å². The number of hydrogen-bond acceptors (Lipinski definition) is 3. The molecule has 0 N–H and O–H groups in total. The zero-order chi connectivity index (χ0) is 18.1. The number of benzene rings is 2. The molecule has 1 aliphatic heterocycles. The lowest BCUT2D eigenvalue weighted by Crippen LogP contribution is -2.35. The number of aryl methyl sites for hydroxylation is 1. The summed E-state index contributed by atoms with van der Waals surface area (Å²) in [6.45, 7) is 2.27. The average molecular weight is 347 g/mol. The van der Waals surface area contributed by atoms with Gasteiger partial charge in [-0.1, -0.05) is 0 Å². The smallest absolute Gasteiger partial charge is 0.258 e. The van der Waals surface area contributed by atoms with Crippen LogP contribution in [0.4, 0.5) is 14.5 Å². The summed E-state index contributed by atoms with van der Waals surface area (Å²) >= 11 is 0. The highest BCUT2D eigenvalue weighted by Gasteiger charge is 2.26. The van der Waals surface area contributed by atoms with E-state index in [-0.39, 0.29) is 5.91 Å². The van der Waals surface area contributed by atoms with Crippen molar-refractivity contribution in [3.63, 3.8) is 0 Å². The number of hydrogen-bond donors (Lipinski definition) is 0. The van der Waals surface area contributed by atoms with E-state index in [1.54, 1.807) is 12.1 Å². The van der Waals surface area contributed by atoms with E-state index < -0.39 is 11.6 Å². The van der Waals surface area contributed by atoms with Crippen LogP contribution in [0.25, 0.3) is 0 Å². The van der Waals surface area contributed by atoms with E-state index in [0.717, 1.165) is 11.6 Å². The van der Waals surface area contributed by atoms with E-state index in [9.17, 15) is 13.6 Å². The van der Waals surface area contributed by atoms with Crippen molar-refractivity contribution in [2.75, 3.05) is 25.7 Å². The van der Waals surface area contributed by atoms with Crippen LogP contribution in [0.1, 0.15) is 27.9 Å².